The molecule has 0 aliphatic rings. The molecule has 0 saturated heterocycles. The lowest BCUT2D eigenvalue weighted by atomic mass is 10.1. The van der Waals surface area contributed by atoms with E-state index in [0.717, 1.165) is 28.2 Å². The first kappa shape index (κ1) is 13.3. The Morgan fingerprint density at radius 1 is 0.714 bits per heavy atom. The summed E-state index contributed by atoms with van der Waals surface area (Å²) in [6, 6.07) is 20.5. The van der Waals surface area contributed by atoms with Gasteiger partial charge in [0.25, 0.3) is 0 Å². The normalized spacial score (nSPS) is 10.0. The zero-order chi connectivity index (χ0) is 14.7. The van der Waals surface area contributed by atoms with Crippen LogP contribution in [0.4, 0.5) is 0 Å². The van der Waals surface area contributed by atoms with Gasteiger partial charge in [0.05, 0.1) is 0 Å². The van der Waals surface area contributed by atoms with E-state index in [9.17, 15) is 0 Å². The van der Waals surface area contributed by atoms with Gasteiger partial charge in [0.15, 0.2) is 0 Å². The first-order valence-electron chi connectivity index (χ1n) is 6.96. The molecule has 0 fully saturated rings. The van der Waals surface area contributed by atoms with E-state index in [-0.39, 0.29) is 0 Å². The highest BCUT2D eigenvalue weighted by atomic mass is 16.3. The van der Waals surface area contributed by atoms with Gasteiger partial charge in [-0.25, -0.2) is 0 Å². The summed E-state index contributed by atoms with van der Waals surface area (Å²) in [6.45, 7) is 3.92. The van der Waals surface area contributed by atoms with Crippen molar-refractivity contribution in [3.8, 4) is 34.5 Å². The summed E-state index contributed by atoms with van der Waals surface area (Å²) < 4.78 is 5.96. The molecule has 0 amide bonds. The largest absolute Gasteiger partial charge is 0.456 e. The van der Waals surface area contributed by atoms with Gasteiger partial charge in [0.2, 0.25) is 0 Å². The maximum Gasteiger partial charge on any atom is 0.134 e. The van der Waals surface area contributed by atoms with Crippen LogP contribution in [0.2, 0.25) is 0 Å². The van der Waals surface area contributed by atoms with Crippen LogP contribution < -0.4 is 0 Å². The number of hydrogen-bond acceptors (Lipinski definition) is 1. The molecule has 1 nitrogen and oxygen atoms in total. The Hall–Kier alpha value is -2.72. The van der Waals surface area contributed by atoms with Crippen LogP contribution in [-0.2, 0) is 0 Å². The molecule has 3 rings (SSSR count). The third-order valence-corrected chi connectivity index (χ3v) is 3.38. The van der Waals surface area contributed by atoms with Gasteiger partial charge in [0, 0.05) is 16.7 Å². The number of benzene rings is 2. The Balaban J connectivity index is 1.90. The molecular formula is C20H16O. The molecule has 21 heavy (non-hydrogen) atoms. The molecule has 2 aromatic carbocycles. The molecule has 0 saturated carbocycles. The zero-order valence-corrected chi connectivity index (χ0v) is 12.2. The van der Waals surface area contributed by atoms with Crippen molar-refractivity contribution in [2.75, 3.05) is 0 Å². The van der Waals surface area contributed by atoms with Crippen LogP contribution >= 0.6 is 0 Å². The summed E-state index contributed by atoms with van der Waals surface area (Å²) >= 11 is 0. The van der Waals surface area contributed by atoms with Crippen LogP contribution in [0.3, 0.4) is 0 Å². The monoisotopic (exact) mass is 272 g/mol. The molecule has 3 aromatic rings. The van der Waals surface area contributed by atoms with Crippen molar-refractivity contribution in [3.05, 3.63) is 71.8 Å². The Kier molecular flexibility index (Phi) is 3.62. The van der Waals surface area contributed by atoms with Crippen molar-refractivity contribution < 1.29 is 4.42 Å². The van der Waals surface area contributed by atoms with Gasteiger partial charge in [-0.3, -0.25) is 0 Å². The van der Waals surface area contributed by atoms with E-state index >= 15 is 0 Å². The second-order valence-electron chi connectivity index (χ2n) is 4.98. The second kappa shape index (κ2) is 5.73. The van der Waals surface area contributed by atoms with E-state index in [2.05, 4.69) is 43.0 Å². The van der Waals surface area contributed by atoms with Crippen LogP contribution in [0, 0.1) is 18.8 Å². The van der Waals surface area contributed by atoms with E-state index in [1.165, 1.54) is 5.56 Å². The standard InChI is InChI=1S/C20H16O/c1-3-4-16-7-11-18(12-8-16)20-14-13-19(21-20)17-9-5-15(2)6-10-17/h5-14H,1-2H3. The second-order valence-corrected chi connectivity index (χ2v) is 4.98. The van der Waals surface area contributed by atoms with Crippen molar-refractivity contribution in [2.24, 2.45) is 0 Å². The van der Waals surface area contributed by atoms with E-state index in [4.69, 9.17) is 4.42 Å². The molecule has 1 aromatic heterocycles. The number of hydrogen-bond donors (Lipinski definition) is 0. The van der Waals surface area contributed by atoms with Gasteiger partial charge < -0.3 is 4.42 Å². The Morgan fingerprint density at radius 2 is 1.24 bits per heavy atom. The van der Waals surface area contributed by atoms with Gasteiger partial charge in [-0.15, -0.1) is 5.92 Å². The van der Waals surface area contributed by atoms with Crippen molar-refractivity contribution in [3.63, 3.8) is 0 Å². The predicted octanol–water partition coefficient (Wildman–Crippen LogP) is 5.29. The molecule has 0 unspecified atom stereocenters. The minimum absolute atomic E-state index is 0.876. The van der Waals surface area contributed by atoms with Crippen molar-refractivity contribution in [1.82, 2.24) is 0 Å². The van der Waals surface area contributed by atoms with Crippen molar-refractivity contribution in [1.29, 1.82) is 0 Å². The summed E-state index contributed by atoms with van der Waals surface area (Å²) in [5.74, 6) is 7.71. The van der Waals surface area contributed by atoms with Gasteiger partial charge in [-0.1, -0.05) is 47.9 Å². The maximum atomic E-state index is 5.96. The predicted molar refractivity (Wildman–Crippen MR) is 86.9 cm³/mol. The highest BCUT2D eigenvalue weighted by molar-refractivity contribution is 5.65. The molecule has 102 valence electrons. The SMILES string of the molecule is CC#Cc1ccc(-c2ccc(-c3ccc(C)cc3)o2)cc1. The van der Waals surface area contributed by atoms with E-state index in [0.29, 0.717) is 0 Å². The molecule has 0 radical (unpaired) electrons. The molecule has 0 aliphatic carbocycles. The topological polar surface area (TPSA) is 13.1 Å². The Bertz CT molecular complexity index is 794. The minimum atomic E-state index is 0.876. The van der Waals surface area contributed by atoms with Crippen LogP contribution in [0.1, 0.15) is 18.1 Å². The van der Waals surface area contributed by atoms with E-state index in [1.807, 2.05) is 43.3 Å². The number of aryl methyl sites for hydroxylation is 1. The average Bonchev–Trinajstić information content (AvgIpc) is 2.99. The lowest BCUT2D eigenvalue weighted by molar-refractivity contribution is 0.597. The first-order valence-corrected chi connectivity index (χ1v) is 6.96. The number of furan rings is 1. The molecule has 0 spiro atoms. The summed E-state index contributed by atoms with van der Waals surface area (Å²) in [7, 11) is 0. The molecule has 0 N–H and O–H groups in total. The maximum absolute atomic E-state index is 5.96. The fourth-order valence-corrected chi connectivity index (χ4v) is 2.23. The molecule has 0 atom stereocenters. The third-order valence-electron chi connectivity index (χ3n) is 3.38. The summed E-state index contributed by atoms with van der Waals surface area (Å²) in [6.07, 6.45) is 0. The van der Waals surface area contributed by atoms with Crippen molar-refractivity contribution in [2.45, 2.75) is 13.8 Å². The average molecular weight is 272 g/mol. The Labute approximate surface area is 125 Å². The van der Waals surface area contributed by atoms with E-state index < -0.39 is 0 Å². The lowest BCUT2D eigenvalue weighted by Crippen LogP contribution is -1.77. The molecular weight excluding hydrogens is 256 g/mol. The molecule has 1 heteroatoms. The van der Waals surface area contributed by atoms with Crippen LogP contribution in [0.5, 0.6) is 0 Å². The van der Waals surface area contributed by atoms with Gasteiger partial charge in [0.1, 0.15) is 11.5 Å². The van der Waals surface area contributed by atoms with E-state index in [1.54, 1.807) is 0 Å². The van der Waals surface area contributed by atoms with Gasteiger partial charge >= 0.3 is 0 Å². The molecule has 1 heterocycles. The smallest absolute Gasteiger partial charge is 0.134 e. The summed E-state index contributed by atoms with van der Waals surface area (Å²) in [5.41, 5.74) is 4.43. The first-order chi connectivity index (χ1) is 10.3. The van der Waals surface area contributed by atoms with Crippen molar-refractivity contribution >= 4 is 0 Å². The summed E-state index contributed by atoms with van der Waals surface area (Å²) in [4.78, 5) is 0. The lowest BCUT2D eigenvalue weighted by Gasteiger charge is -1.99. The van der Waals surface area contributed by atoms with Crippen LogP contribution in [0.15, 0.2) is 65.1 Å². The van der Waals surface area contributed by atoms with Gasteiger partial charge in [-0.2, -0.15) is 0 Å². The molecule has 0 bridgehead atoms. The van der Waals surface area contributed by atoms with Crippen LogP contribution in [0.25, 0.3) is 22.6 Å². The minimum Gasteiger partial charge on any atom is -0.456 e. The van der Waals surface area contributed by atoms with Crippen LogP contribution in [-0.4, -0.2) is 0 Å². The molecule has 0 aliphatic heterocycles. The van der Waals surface area contributed by atoms with Gasteiger partial charge in [-0.05, 0) is 38.1 Å². The summed E-state index contributed by atoms with van der Waals surface area (Å²) in [5, 5.41) is 0. The highest BCUT2D eigenvalue weighted by Crippen LogP contribution is 2.28. The number of rotatable bonds is 2. The third kappa shape index (κ3) is 2.90. The Morgan fingerprint density at radius 3 is 1.76 bits per heavy atom. The fourth-order valence-electron chi connectivity index (χ4n) is 2.23. The highest BCUT2D eigenvalue weighted by Gasteiger charge is 2.06. The fraction of sp³-hybridized carbons (Fsp3) is 0.100. The quantitative estimate of drug-likeness (QED) is 0.577. The zero-order valence-electron chi connectivity index (χ0n) is 12.2.